The highest BCUT2D eigenvalue weighted by atomic mass is 16.3. The minimum atomic E-state index is -0.00417. The van der Waals surface area contributed by atoms with Crippen LogP contribution in [0.4, 0.5) is 0 Å². The minimum absolute atomic E-state index is 0.00417. The first-order valence-electron chi connectivity index (χ1n) is 17.5. The smallest absolute Gasteiger partial charge is 0.143 e. The second kappa shape index (κ2) is 9.94. The molecule has 0 spiro atoms. The fourth-order valence-electron chi connectivity index (χ4n) is 9.09. The number of hydrogen-bond donors (Lipinski definition) is 0. The number of benzene rings is 9. The van der Waals surface area contributed by atoms with E-state index in [0.717, 1.165) is 33.1 Å². The molecule has 0 saturated heterocycles. The second-order valence-electron chi connectivity index (χ2n) is 14.4. The highest BCUT2D eigenvalue weighted by molar-refractivity contribution is 6.29. The standard InChI is InChI=1S/C49H32O/c1-49(2)42-16-7-6-12-36(42)41-28-32(22-27-43(41)49)33-23-18-30-21-26-39-35(24-19-31-20-25-38(33)45(30)46(31)39)37-14-9-17-44-47(37)40-15-8-13-34(48(40)50-44)29-10-4-3-5-11-29/h3-28H,1-2H3. The zero-order valence-corrected chi connectivity index (χ0v) is 27.9. The summed E-state index contributed by atoms with van der Waals surface area (Å²) in [5.41, 5.74) is 14.6. The first-order valence-corrected chi connectivity index (χ1v) is 17.5. The van der Waals surface area contributed by atoms with Gasteiger partial charge < -0.3 is 4.42 Å². The molecule has 10 aromatic rings. The molecule has 0 amide bonds. The predicted octanol–water partition coefficient (Wildman–Crippen LogP) is 13.8. The topological polar surface area (TPSA) is 13.1 Å². The fraction of sp³-hybridized carbons (Fsp3) is 0.0612. The van der Waals surface area contributed by atoms with E-state index in [1.54, 1.807) is 0 Å². The van der Waals surface area contributed by atoms with E-state index in [-0.39, 0.29) is 5.41 Å². The van der Waals surface area contributed by atoms with Gasteiger partial charge in [-0.25, -0.2) is 0 Å². The molecule has 1 aliphatic carbocycles. The largest absolute Gasteiger partial charge is 0.455 e. The maximum absolute atomic E-state index is 6.66. The zero-order valence-electron chi connectivity index (χ0n) is 27.9. The molecule has 234 valence electrons. The molecule has 1 heteroatoms. The quantitative estimate of drug-likeness (QED) is 0.176. The van der Waals surface area contributed by atoms with Crippen LogP contribution in [0.3, 0.4) is 0 Å². The molecule has 0 unspecified atom stereocenters. The van der Waals surface area contributed by atoms with Gasteiger partial charge >= 0.3 is 0 Å². The molecule has 0 fully saturated rings. The molecule has 1 heterocycles. The Morgan fingerprint density at radius 1 is 0.380 bits per heavy atom. The Hall–Kier alpha value is -6.18. The summed E-state index contributed by atoms with van der Waals surface area (Å²) < 4.78 is 6.66. The number of fused-ring (bicyclic) bond motifs is 6. The number of hydrogen-bond acceptors (Lipinski definition) is 1. The summed E-state index contributed by atoms with van der Waals surface area (Å²) in [7, 11) is 0. The minimum Gasteiger partial charge on any atom is -0.455 e. The van der Waals surface area contributed by atoms with E-state index in [2.05, 4.69) is 172 Å². The maximum Gasteiger partial charge on any atom is 0.143 e. The van der Waals surface area contributed by atoms with Crippen molar-refractivity contribution in [3.8, 4) is 44.5 Å². The average Bonchev–Trinajstić information content (AvgIpc) is 3.66. The molecule has 0 N–H and O–H groups in total. The van der Waals surface area contributed by atoms with Gasteiger partial charge in [-0.05, 0) is 94.5 Å². The van der Waals surface area contributed by atoms with Gasteiger partial charge in [0.25, 0.3) is 0 Å². The second-order valence-corrected chi connectivity index (χ2v) is 14.4. The van der Waals surface area contributed by atoms with Gasteiger partial charge in [-0.2, -0.15) is 0 Å². The SMILES string of the molecule is CC1(C)c2ccccc2-c2cc(-c3ccc4ccc5c(-c6cccc7oc8c(-c9ccccc9)cccc8c67)ccc6ccc3c4c65)ccc21. The van der Waals surface area contributed by atoms with Crippen molar-refractivity contribution in [1.29, 1.82) is 0 Å². The van der Waals surface area contributed by atoms with E-state index in [0.29, 0.717) is 0 Å². The summed E-state index contributed by atoms with van der Waals surface area (Å²) in [5.74, 6) is 0. The molecule has 1 aliphatic rings. The molecule has 1 aromatic heterocycles. The highest BCUT2D eigenvalue weighted by Gasteiger charge is 2.35. The van der Waals surface area contributed by atoms with Gasteiger partial charge in [0.15, 0.2) is 0 Å². The Morgan fingerprint density at radius 2 is 1.02 bits per heavy atom. The van der Waals surface area contributed by atoms with E-state index in [1.807, 2.05) is 0 Å². The molecule has 0 aliphatic heterocycles. The molecule has 0 atom stereocenters. The molecule has 0 bridgehead atoms. The van der Waals surface area contributed by atoms with Gasteiger partial charge in [0.1, 0.15) is 11.2 Å². The normalized spacial score (nSPS) is 13.6. The van der Waals surface area contributed by atoms with Crippen molar-refractivity contribution in [2.24, 2.45) is 0 Å². The van der Waals surface area contributed by atoms with Crippen molar-refractivity contribution < 1.29 is 4.42 Å². The van der Waals surface area contributed by atoms with Crippen molar-refractivity contribution in [2.75, 3.05) is 0 Å². The van der Waals surface area contributed by atoms with Gasteiger partial charge in [-0.1, -0.05) is 159 Å². The van der Waals surface area contributed by atoms with Crippen molar-refractivity contribution in [1.82, 2.24) is 0 Å². The van der Waals surface area contributed by atoms with Gasteiger partial charge in [0, 0.05) is 21.8 Å². The van der Waals surface area contributed by atoms with Gasteiger partial charge in [-0.3, -0.25) is 0 Å². The third kappa shape index (κ3) is 3.67. The molecule has 9 aromatic carbocycles. The zero-order chi connectivity index (χ0) is 33.1. The lowest BCUT2D eigenvalue weighted by molar-refractivity contribution is 0.660. The van der Waals surface area contributed by atoms with Crippen LogP contribution in [-0.4, -0.2) is 0 Å². The summed E-state index contributed by atoms with van der Waals surface area (Å²) in [6.07, 6.45) is 0. The molecule has 0 saturated carbocycles. The van der Waals surface area contributed by atoms with Gasteiger partial charge in [0.05, 0.1) is 0 Å². The number of rotatable bonds is 3. The first kappa shape index (κ1) is 27.7. The van der Waals surface area contributed by atoms with Crippen molar-refractivity contribution >= 4 is 54.3 Å². The van der Waals surface area contributed by atoms with Crippen LogP contribution in [0.25, 0.3) is 98.8 Å². The third-order valence-corrected chi connectivity index (χ3v) is 11.5. The Kier molecular flexibility index (Phi) is 5.51. The Morgan fingerprint density at radius 3 is 1.84 bits per heavy atom. The van der Waals surface area contributed by atoms with Crippen LogP contribution in [0.2, 0.25) is 0 Å². The lowest BCUT2D eigenvalue weighted by Crippen LogP contribution is -2.14. The van der Waals surface area contributed by atoms with Gasteiger partial charge in [0.2, 0.25) is 0 Å². The summed E-state index contributed by atoms with van der Waals surface area (Å²) in [4.78, 5) is 0. The molecule has 1 nitrogen and oxygen atoms in total. The van der Waals surface area contributed by atoms with Crippen LogP contribution in [-0.2, 0) is 5.41 Å². The van der Waals surface area contributed by atoms with Crippen LogP contribution in [0.15, 0.2) is 162 Å². The fourth-order valence-corrected chi connectivity index (χ4v) is 9.09. The number of para-hydroxylation sites is 1. The average molecular weight is 637 g/mol. The van der Waals surface area contributed by atoms with Crippen LogP contribution < -0.4 is 0 Å². The molecular formula is C49H32O. The molecule has 0 radical (unpaired) electrons. The predicted molar refractivity (Wildman–Crippen MR) is 211 cm³/mol. The first-order chi connectivity index (χ1) is 24.6. The molecule has 50 heavy (non-hydrogen) atoms. The van der Waals surface area contributed by atoms with Crippen molar-refractivity contribution in [3.05, 3.63) is 169 Å². The van der Waals surface area contributed by atoms with Crippen LogP contribution in [0, 0.1) is 0 Å². The van der Waals surface area contributed by atoms with E-state index >= 15 is 0 Å². The number of furan rings is 1. The summed E-state index contributed by atoms with van der Waals surface area (Å²) in [5, 5.41) is 10.1. The van der Waals surface area contributed by atoms with Crippen LogP contribution >= 0.6 is 0 Å². The van der Waals surface area contributed by atoms with Crippen molar-refractivity contribution in [2.45, 2.75) is 19.3 Å². The Balaban J connectivity index is 1.14. The van der Waals surface area contributed by atoms with E-state index in [4.69, 9.17) is 4.42 Å². The van der Waals surface area contributed by atoms with Crippen LogP contribution in [0.5, 0.6) is 0 Å². The van der Waals surface area contributed by atoms with E-state index in [1.165, 1.54) is 76.8 Å². The Bertz CT molecular complexity index is 2990. The van der Waals surface area contributed by atoms with E-state index in [9.17, 15) is 0 Å². The Labute approximate surface area is 290 Å². The monoisotopic (exact) mass is 636 g/mol. The lowest BCUT2D eigenvalue weighted by atomic mass is 9.82. The highest BCUT2D eigenvalue weighted by Crippen LogP contribution is 2.51. The summed E-state index contributed by atoms with van der Waals surface area (Å²) in [6.45, 7) is 4.69. The summed E-state index contributed by atoms with van der Waals surface area (Å²) >= 11 is 0. The maximum atomic E-state index is 6.66. The van der Waals surface area contributed by atoms with E-state index < -0.39 is 0 Å². The van der Waals surface area contributed by atoms with Crippen molar-refractivity contribution in [3.63, 3.8) is 0 Å². The van der Waals surface area contributed by atoms with Gasteiger partial charge in [-0.15, -0.1) is 0 Å². The molecular weight excluding hydrogens is 605 g/mol. The lowest BCUT2D eigenvalue weighted by Gasteiger charge is -2.21. The third-order valence-electron chi connectivity index (χ3n) is 11.5. The van der Waals surface area contributed by atoms with Crippen LogP contribution in [0.1, 0.15) is 25.0 Å². The molecule has 11 rings (SSSR count). The summed E-state index contributed by atoms with van der Waals surface area (Å²) in [6, 6.07) is 58.1.